The van der Waals surface area contributed by atoms with Crippen molar-refractivity contribution in [2.24, 2.45) is 0 Å². The fraction of sp³-hybridized carbons (Fsp3) is 0.238. The fourth-order valence-corrected chi connectivity index (χ4v) is 4.02. The number of pyridine rings is 1. The molecule has 6 heteroatoms. The summed E-state index contributed by atoms with van der Waals surface area (Å²) in [6.07, 6.45) is 4.87. The van der Waals surface area contributed by atoms with Gasteiger partial charge in [-0.3, -0.25) is 4.98 Å². The topological polar surface area (TPSA) is 53.3 Å². The Morgan fingerprint density at radius 1 is 1.11 bits per heavy atom. The van der Waals surface area contributed by atoms with Crippen molar-refractivity contribution in [1.29, 1.82) is 0 Å². The Hall–Kier alpha value is -2.86. The molecule has 1 saturated heterocycles. The van der Waals surface area contributed by atoms with E-state index < -0.39 is 0 Å². The van der Waals surface area contributed by atoms with Crippen LogP contribution in [0.25, 0.3) is 5.69 Å². The van der Waals surface area contributed by atoms with Crippen molar-refractivity contribution < 1.29 is 5.11 Å². The maximum atomic E-state index is 9.62. The van der Waals surface area contributed by atoms with E-state index in [4.69, 9.17) is 12.2 Å². The van der Waals surface area contributed by atoms with Crippen molar-refractivity contribution in [1.82, 2.24) is 19.8 Å². The van der Waals surface area contributed by atoms with E-state index in [0.717, 1.165) is 35.2 Å². The number of hydrogen-bond donors (Lipinski definition) is 2. The highest BCUT2D eigenvalue weighted by molar-refractivity contribution is 7.80. The number of nitrogens with zero attached hydrogens (tertiary/aromatic N) is 3. The van der Waals surface area contributed by atoms with Crippen molar-refractivity contribution in [3.8, 4) is 11.4 Å². The van der Waals surface area contributed by atoms with E-state index in [1.165, 1.54) is 0 Å². The Balaban J connectivity index is 1.80. The maximum absolute atomic E-state index is 9.62. The zero-order chi connectivity index (χ0) is 18.8. The summed E-state index contributed by atoms with van der Waals surface area (Å²) in [4.78, 5) is 6.82. The van der Waals surface area contributed by atoms with E-state index in [9.17, 15) is 5.11 Å². The molecule has 138 valence electrons. The van der Waals surface area contributed by atoms with Crippen molar-refractivity contribution in [2.75, 3.05) is 6.54 Å². The van der Waals surface area contributed by atoms with E-state index in [1.807, 2.05) is 48.8 Å². The molecular weight excluding hydrogens is 356 g/mol. The number of aromatic nitrogens is 2. The van der Waals surface area contributed by atoms with Gasteiger partial charge in [-0.1, -0.05) is 13.0 Å². The molecule has 0 spiro atoms. The molecular formula is C21H22N4OS. The van der Waals surface area contributed by atoms with Gasteiger partial charge in [0.05, 0.1) is 17.8 Å². The summed E-state index contributed by atoms with van der Waals surface area (Å²) in [6.45, 7) is 3.04. The largest absolute Gasteiger partial charge is 0.508 e. The standard InChI is InChI=1S/C21H22N4OS/c1-2-13-25-20(19(23-21(25)27)17-6-3-4-12-22-17)18-7-5-14-24(18)15-8-10-16(26)11-9-15/h3-12,14,19-20,26H,2,13H2,1H3,(H,23,27)/t19-,20-/m0/s1. The second-order valence-corrected chi connectivity index (χ2v) is 7.03. The second kappa shape index (κ2) is 7.40. The number of phenolic OH excluding ortho intramolecular Hbond substituents is 1. The summed E-state index contributed by atoms with van der Waals surface area (Å²) in [5, 5.41) is 13.9. The highest BCUT2D eigenvalue weighted by atomic mass is 32.1. The minimum absolute atomic E-state index is 0.0176. The van der Waals surface area contributed by atoms with E-state index in [2.05, 4.69) is 32.8 Å². The summed E-state index contributed by atoms with van der Waals surface area (Å²) in [7, 11) is 0. The lowest BCUT2D eigenvalue weighted by atomic mass is 10.0. The number of hydrogen-bond acceptors (Lipinski definition) is 3. The molecule has 0 aliphatic carbocycles. The molecule has 1 fully saturated rings. The quantitative estimate of drug-likeness (QED) is 0.658. The normalized spacial score (nSPS) is 19.3. The van der Waals surface area contributed by atoms with Crippen molar-refractivity contribution in [2.45, 2.75) is 25.4 Å². The average Bonchev–Trinajstić information content (AvgIpc) is 3.28. The number of rotatable bonds is 5. The highest BCUT2D eigenvalue weighted by Gasteiger charge is 2.40. The van der Waals surface area contributed by atoms with Gasteiger partial charge in [0.25, 0.3) is 0 Å². The van der Waals surface area contributed by atoms with Crippen LogP contribution in [-0.2, 0) is 0 Å². The van der Waals surface area contributed by atoms with E-state index >= 15 is 0 Å². The minimum atomic E-state index is -0.0176. The van der Waals surface area contributed by atoms with Crippen molar-refractivity contribution >= 4 is 17.3 Å². The molecule has 2 N–H and O–H groups in total. The van der Waals surface area contributed by atoms with Gasteiger partial charge in [-0.15, -0.1) is 0 Å². The summed E-state index contributed by atoms with van der Waals surface area (Å²) in [5.41, 5.74) is 3.11. The van der Waals surface area contributed by atoms with Crippen LogP contribution in [0, 0.1) is 0 Å². The van der Waals surface area contributed by atoms with Crippen LogP contribution in [-0.4, -0.2) is 31.2 Å². The van der Waals surface area contributed by atoms with Crippen molar-refractivity contribution in [3.05, 3.63) is 78.4 Å². The molecule has 0 unspecified atom stereocenters. The van der Waals surface area contributed by atoms with Crippen LogP contribution in [0.3, 0.4) is 0 Å². The molecule has 2 atom stereocenters. The van der Waals surface area contributed by atoms with Gasteiger partial charge in [-0.2, -0.15) is 0 Å². The van der Waals surface area contributed by atoms with Crippen LogP contribution >= 0.6 is 12.2 Å². The maximum Gasteiger partial charge on any atom is 0.170 e. The molecule has 1 aliphatic heterocycles. The third kappa shape index (κ3) is 3.28. The summed E-state index contributed by atoms with van der Waals surface area (Å²) in [5.74, 6) is 0.259. The van der Waals surface area contributed by atoms with Crippen LogP contribution in [0.1, 0.15) is 36.8 Å². The van der Waals surface area contributed by atoms with Crippen molar-refractivity contribution in [3.63, 3.8) is 0 Å². The molecule has 1 aromatic carbocycles. The van der Waals surface area contributed by atoms with Gasteiger partial charge in [0.1, 0.15) is 5.75 Å². The summed E-state index contributed by atoms with van der Waals surface area (Å²) < 4.78 is 2.15. The average molecular weight is 379 g/mol. The molecule has 4 rings (SSSR count). The Labute approximate surface area is 164 Å². The predicted octanol–water partition coefficient (Wildman–Crippen LogP) is 3.96. The van der Waals surface area contributed by atoms with Gasteiger partial charge >= 0.3 is 0 Å². The second-order valence-electron chi connectivity index (χ2n) is 6.64. The first-order valence-electron chi connectivity index (χ1n) is 9.13. The van der Waals surface area contributed by atoms with Gasteiger partial charge in [-0.25, -0.2) is 0 Å². The predicted molar refractivity (Wildman–Crippen MR) is 110 cm³/mol. The van der Waals surface area contributed by atoms with E-state index in [1.54, 1.807) is 12.1 Å². The Kier molecular flexibility index (Phi) is 4.81. The first-order chi connectivity index (χ1) is 13.2. The van der Waals surface area contributed by atoms with Gasteiger partial charge < -0.3 is 19.9 Å². The third-order valence-corrected chi connectivity index (χ3v) is 5.23. The minimum Gasteiger partial charge on any atom is -0.508 e. The molecule has 2 aromatic heterocycles. The monoisotopic (exact) mass is 378 g/mol. The Morgan fingerprint density at radius 3 is 2.63 bits per heavy atom. The number of nitrogens with one attached hydrogen (secondary N) is 1. The SMILES string of the molecule is CCCN1C(=S)N[C@@H](c2ccccn2)[C@@H]1c1cccn1-c1ccc(O)cc1. The van der Waals surface area contributed by atoms with Gasteiger partial charge in [-0.05, 0) is 67.2 Å². The van der Waals surface area contributed by atoms with Crippen LogP contribution in [0.15, 0.2) is 67.0 Å². The molecule has 0 amide bonds. The molecule has 0 bridgehead atoms. The molecule has 1 aliphatic rings. The molecule has 0 saturated carbocycles. The van der Waals surface area contributed by atoms with Gasteiger partial charge in [0.2, 0.25) is 0 Å². The Morgan fingerprint density at radius 2 is 1.93 bits per heavy atom. The molecule has 0 radical (unpaired) electrons. The lowest BCUT2D eigenvalue weighted by Gasteiger charge is -2.28. The highest BCUT2D eigenvalue weighted by Crippen LogP contribution is 2.39. The first kappa shape index (κ1) is 17.5. The van der Waals surface area contributed by atoms with E-state index in [-0.39, 0.29) is 17.8 Å². The van der Waals surface area contributed by atoms with Crippen LogP contribution in [0.2, 0.25) is 0 Å². The number of benzene rings is 1. The lowest BCUT2D eigenvalue weighted by molar-refractivity contribution is 0.309. The number of phenols is 1. The zero-order valence-electron chi connectivity index (χ0n) is 15.1. The van der Waals surface area contributed by atoms with Crippen LogP contribution in [0.4, 0.5) is 0 Å². The zero-order valence-corrected chi connectivity index (χ0v) is 15.9. The summed E-state index contributed by atoms with van der Waals surface area (Å²) >= 11 is 5.66. The number of thiocarbonyl (C=S) groups is 1. The third-order valence-electron chi connectivity index (χ3n) is 4.87. The summed E-state index contributed by atoms with van der Waals surface area (Å²) in [6, 6.07) is 17.4. The van der Waals surface area contributed by atoms with Gasteiger partial charge in [0.15, 0.2) is 5.11 Å². The molecule has 3 aromatic rings. The molecule has 3 heterocycles. The first-order valence-corrected chi connectivity index (χ1v) is 9.54. The molecule has 5 nitrogen and oxygen atoms in total. The van der Waals surface area contributed by atoms with Crippen LogP contribution in [0.5, 0.6) is 5.75 Å². The number of aromatic hydroxyl groups is 1. The fourth-order valence-electron chi connectivity index (χ4n) is 3.69. The van der Waals surface area contributed by atoms with Gasteiger partial charge in [0, 0.05) is 30.3 Å². The lowest BCUT2D eigenvalue weighted by Crippen LogP contribution is -2.31. The molecule has 27 heavy (non-hydrogen) atoms. The smallest absolute Gasteiger partial charge is 0.170 e. The van der Waals surface area contributed by atoms with E-state index in [0.29, 0.717) is 0 Å². The van der Waals surface area contributed by atoms with Crippen LogP contribution < -0.4 is 5.32 Å². The Bertz CT molecular complexity index is 923.